The summed E-state index contributed by atoms with van der Waals surface area (Å²) in [6, 6.07) is 0. The number of carboxylic acids is 1. The molecule has 1 aromatic rings. The molecule has 0 aliphatic carbocycles. The topological polar surface area (TPSA) is 97.1 Å². The van der Waals surface area contributed by atoms with Crippen molar-refractivity contribution in [1.29, 1.82) is 0 Å². The molecule has 0 radical (unpaired) electrons. The fraction of sp³-hybridized carbons (Fsp3) is 0.333. The van der Waals surface area contributed by atoms with E-state index < -0.39 is 5.97 Å². The molecule has 0 aromatic carbocycles. The molecule has 7 nitrogen and oxygen atoms in total. The van der Waals surface area contributed by atoms with Crippen LogP contribution in [-0.4, -0.2) is 38.5 Å². The first-order valence-corrected chi connectivity index (χ1v) is 4.47. The van der Waals surface area contributed by atoms with Crippen molar-refractivity contribution in [3.8, 4) is 12.3 Å². The molecule has 84 valence electrons. The molecule has 0 unspecified atom stereocenters. The molecule has 0 saturated heterocycles. The second kappa shape index (κ2) is 5.50. The van der Waals surface area contributed by atoms with Crippen molar-refractivity contribution >= 4 is 11.9 Å². The number of rotatable bonds is 5. The lowest BCUT2D eigenvalue weighted by molar-refractivity contribution is -0.121. The van der Waals surface area contributed by atoms with Crippen molar-refractivity contribution in [2.24, 2.45) is 0 Å². The summed E-state index contributed by atoms with van der Waals surface area (Å²) in [4.78, 5) is 21.7. The SMILES string of the molecule is C#CCCNC(=O)Cn1cc(C(=O)O)nn1. The summed E-state index contributed by atoms with van der Waals surface area (Å²) < 4.78 is 1.15. The van der Waals surface area contributed by atoms with Crippen molar-refractivity contribution in [3.05, 3.63) is 11.9 Å². The van der Waals surface area contributed by atoms with Gasteiger partial charge in [0.2, 0.25) is 5.91 Å². The molecule has 0 fully saturated rings. The number of aromatic nitrogens is 3. The van der Waals surface area contributed by atoms with Crippen molar-refractivity contribution in [3.63, 3.8) is 0 Å². The number of nitrogens with zero attached hydrogens (tertiary/aromatic N) is 3. The van der Waals surface area contributed by atoms with Crippen LogP contribution in [0.4, 0.5) is 0 Å². The summed E-state index contributed by atoms with van der Waals surface area (Å²) in [6.45, 7) is 0.306. The van der Waals surface area contributed by atoms with Crippen LogP contribution < -0.4 is 5.32 Å². The van der Waals surface area contributed by atoms with Crippen molar-refractivity contribution in [1.82, 2.24) is 20.3 Å². The van der Waals surface area contributed by atoms with Gasteiger partial charge in [-0.25, -0.2) is 9.48 Å². The fourth-order valence-corrected chi connectivity index (χ4v) is 0.951. The van der Waals surface area contributed by atoms with Crippen LogP contribution in [0, 0.1) is 12.3 Å². The van der Waals surface area contributed by atoms with Crippen LogP contribution in [-0.2, 0) is 11.3 Å². The largest absolute Gasteiger partial charge is 0.476 e. The van der Waals surface area contributed by atoms with E-state index in [9.17, 15) is 9.59 Å². The molecule has 0 spiro atoms. The number of hydrogen-bond donors (Lipinski definition) is 2. The molecular weight excluding hydrogens is 212 g/mol. The van der Waals surface area contributed by atoms with Gasteiger partial charge in [-0.3, -0.25) is 4.79 Å². The highest BCUT2D eigenvalue weighted by Crippen LogP contribution is 1.92. The van der Waals surface area contributed by atoms with E-state index in [-0.39, 0.29) is 18.1 Å². The van der Waals surface area contributed by atoms with E-state index in [2.05, 4.69) is 21.5 Å². The minimum Gasteiger partial charge on any atom is -0.476 e. The van der Waals surface area contributed by atoms with E-state index >= 15 is 0 Å². The Morgan fingerprint density at radius 1 is 1.62 bits per heavy atom. The van der Waals surface area contributed by atoms with Crippen LogP contribution in [0.3, 0.4) is 0 Å². The normalized spacial score (nSPS) is 9.44. The van der Waals surface area contributed by atoms with Gasteiger partial charge >= 0.3 is 5.97 Å². The Hall–Kier alpha value is -2.36. The number of carbonyl (C=O) groups excluding carboxylic acids is 1. The molecule has 1 rings (SSSR count). The molecule has 1 aromatic heterocycles. The Morgan fingerprint density at radius 3 is 2.94 bits per heavy atom. The van der Waals surface area contributed by atoms with Gasteiger partial charge in [0.15, 0.2) is 5.69 Å². The van der Waals surface area contributed by atoms with Gasteiger partial charge in [0.1, 0.15) is 6.54 Å². The Labute approximate surface area is 91.4 Å². The number of aromatic carboxylic acids is 1. The highest BCUT2D eigenvalue weighted by Gasteiger charge is 2.09. The number of hydrogen-bond acceptors (Lipinski definition) is 4. The molecule has 16 heavy (non-hydrogen) atoms. The first-order chi connectivity index (χ1) is 7.63. The minimum absolute atomic E-state index is 0.0785. The third-order valence-corrected chi connectivity index (χ3v) is 1.65. The van der Waals surface area contributed by atoms with Crippen molar-refractivity contribution in [2.75, 3.05) is 6.54 Å². The molecule has 2 N–H and O–H groups in total. The van der Waals surface area contributed by atoms with Crippen LogP contribution in [0.1, 0.15) is 16.9 Å². The Bertz CT molecular complexity index is 432. The standard InChI is InChI=1S/C9H10N4O3/c1-2-3-4-10-8(14)6-13-5-7(9(15)16)11-12-13/h1,5H,3-4,6H2,(H,10,14)(H,15,16). The minimum atomic E-state index is -1.18. The summed E-state index contributed by atoms with van der Waals surface area (Å²) in [5, 5.41) is 18.0. The van der Waals surface area contributed by atoms with E-state index in [1.807, 2.05) is 0 Å². The van der Waals surface area contributed by atoms with Crippen LogP contribution in [0.5, 0.6) is 0 Å². The predicted octanol–water partition coefficient (Wildman–Crippen LogP) is -0.884. The average molecular weight is 222 g/mol. The van der Waals surface area contributed by atoms with Crippen LogP contribution in [0.25, 0.3) is 0 Å². The highest BCUT2D eigenvalue weighted by atomic mass is 16.4. The van der Waals surface area contributed by atoms with Crippen molar-refractivity contribution < 1.29 is 14.7 Å². The first kappa shape index (κ1) is 11.7. The maximum Gasteiger partial charge on any atom is 0.358 e. The van der Waals surface area contributed by atoms with Crippen LogP contribution in [0.2, 0.25) is 0 Å². The molecule has 0 aliphatic heterocycles. The maximum atomic E-state index is 11.3. The molecule has 7 heteroatoms. The van der Waals surface area contributed by atoms with E-state index in [1.54, 1.807) is 0 Å². The summed E-state index contributed by atoms with van der Waals surface area (Å²) in [6.07, 6.45) is 6.64. The number of carbonyl (C=O) groups is 2. The van der Waals surface area contributed by atoms with Crippen LogP contribution in [0.15, 0.2) is 6.20 Å². The zero-order valence-electron chi connectivity index (χ0n) is 8.38. The highest BCUT2D eigenvalue weighted by molar-refractivity contribution is 5.84. The Balaban J connectivity index is 2.44. The molecule has 0 atom stereocenters. The monoisotopic (exact) mass is 222 g/mol. The van der Waals surface area contributed by atoms with E-state index in [0.717, 1.165) is 4.68 Å². The number of terminal acetylenes is 1. The summed E-state index contributed by atoms with van der Waals surface area (Å²) in [5.74, 6) is 0.903. The van der Waals surface area contributed by atoms with Gasteiger partial charge in [-0.15, -0.1) is 17.4 Å². The average Bonchev–Trinajstić information content (AvgIpc) is 2.66. The van der Waals surface area contributed by atoms with Crippen LogP contribution >= 0.6 is 0 Å². The maximum absolute atomic E-state index is 11.3. The van der Waals surface area contributed by atoms with Gasteiger partial charge in [0, 0.05) is 13.0 Å². The number of carboxylic acid groups (broad SMARTS) is 1. The van der Waals surface area contributed by atoms with Gasteiger partial charge in [-0.1, -0.05) is 5.21 Å². The van der Waals surface area contributed by atoms with Gasteiger partial charge < -0.3 is 10.4 Å². The molecule has 1 heterocycles. The zero-order valence-corrected chi connectivity index (χ0v) is 8.38. The lowest BCUT2D eigenvalue weighted by Gasteiger charge is -2.01. The molecule has 0 bridgehead atoms. The second-order valence-corrected chi connectivity index (χ2v) is 2.91. The summed E-state index contributed by atoms with van der Waals surface area (Å²) >= 11 is 0. The van der Waals surface area contributed by atoms with E-state index in [1.165, 1.54) is 6.20 Å². The lowest BCUT2D eigenvalue weighted by Crippen LogP contribution is -2.28. The number of nitrogens with one attached hydrogen (secondary N) is 1. The smallest absolute Gasteiger partial charge is 0.358 e. The summed E-state index contributed by atoms with van der Waals surface area (Å²) in [5.41, 5.74) is -0.198. The third kappa shape index (κ3) is 3.42. The number of amides is 1. The van der Waals surface area contributed by atoms with E-state index in [4.69, 9.17) is 11.5 Å². The molecule has 0 aliphatic rings. The molecule has 1 amide bonds. The molecule has 0 saturated carbocycles. The molecular formula is C9H10N4O3. The van der Waals surface area contributed by atoms with Gasteiger partial charge in [0.05, 0.1) is 6.20 Å². The Kier molecular flexibility index (Phi) is 4.03. The van der Waals surface area contributed by atoms with Gasteiger partial charge in [-0.05, 0) is 0 Å². The second-order valence-electron chi connectivity index (χ2n) is 2.91. The lowest BCUT2D eigenvalue weighted by atomic mass is 10.4. The zero-order chi connectivity index (χ0) is 12.0. The quantitative estimate of drug-likeness (QED) is 0.498. The van der Waals surface area contributed by atoms with E-state index in [0.29, 0.717) is 13.0 Å². The van der Waals surface area contributed by atoms with Crippen molar-refractivity contribution in [2.45, 2.75) is 13.0 Å². The van der Waals surface area contributed by atoms with Gasteiger partial charge in [-0.2, -0.15) is 0 Å². The first-order valence-electron chi connectivity index (χ1n) is 4.47. The Morgan fingerprint density at radius 2 is 2.38 bits per heavy atom. The third-order valence-electron chi connectivity index (χ3n) is 1.65. The van der Waals surface area contributed by atoms with Gasteiger partial charge in [0.25, 0.3) is 0 Å². The predicted molar refractivity (Wildman–Crippen MR) is 53.4 cm³/mol. The fourth-order valence-electron chi connectivity index (χ4n) is 0.951. The summed E-state index contributed by atoms with van der Waals surface area (Å²) in [7, 11) is 0.